The number of hydrogen-bond acceptors (Lipinski definition) is 6. The quantitative estimate of drug-likeness (QED) is 0.128. The normalized spacial score (nSPS) is 11.7. The van der Waals surface area contributed by atoms with Crippen molar-refractivity contribution < 1.29 is 0 Å². The van der Waals surface area contributed by atoms with Crippen molar-refractivity contribution in [3.63, 3.8) is 0 Å². The van der Waals surface area contributed by atoms with E-state index in [9.17, 15) is 0 Å². The number of aromatic nitrogens is 9. The maximum Gasteiger partial charge on any atom is 0.113 e. The molecule has 6 aromatic heterocycles. The van der Waals surface area contributed by atoms with Crippen molar-refractivity contribution in [2.24, 2.45) is 0 Å². The van der Waals surface area contributed by atoms with Gasteiger partial charge in [0.05, 0.1) is 106 Å². The first-order valence-electron chi connectivity index (χ1n) is 49.4. The van der Waals surface area contributed by atoms with E-state index in [1.165, 1.54) is 130 Å². The second-order valence-electron chi connectivity index (χ2n) is 37.3. The standard InChI is InChI=1S/C50H31N3.C46H29N3.C40H25N3/c1-3-16-34(17-4-1)48-49(35-18-5-2-6-19-35)52-50-41(24-13-25-42(50)51-48)39-28-31-43(40-23-12-11-22-38(39)40)53-44-29-26-32-14-7-9-20-36(32)46(44)47-37-21-10-8-15-33(37)27-30-45(47)53;1-3-15-32(16-4-1)44-45(33-17-5-2-6-18-33)48-46-38(23-12-24-39(46)47-44)34-19-11-20-35(29-34)49-40-27-25-30-13-7-9-21-36(30)42(40)43-37-22-10-8-14-31(37)26-28-41(43)49;1-3-14-28(15-4-1)38-39(29-16-5-2-6-17-29)42-40-32(41-38)20-11-21-35(40)43-33-24-22-26-12-7-9-18-30(26)36(33)37-31-19-10-8-13-27(31)23-25-34(37)43/h1-31H;1-29H;1-25H. The van der Waals surface area contributed by atoms with E-state index in [1.807, 2.05) is 36.4 Å². The molecule has 0 saturated carbocycles. The highest BCUT2D eigenvalue weighted by Crippen LogP contribution is 2.49. The topological polar surface area (TPSA) is 92.1 Å². The minimum atomic E-state index is 0.868. The van der Waals surface area contributed by atoms with Crippen LogP contribution in [0.15, 0.2) is 516 Å². The maximum atomic E-state index is 5.45. The molecule has 0 amide bonds. The van der Waals surface area contributed by atoms with Gasteiger partial charge in [0, 0.05) is 87.9 Å². The summed E-state index contributed by atoms with van der Waals surface area (Å²) in [5.41, 5.74) is 31.6. The first-order valence-corrected chi connectivity index (χ1v) is 49.4. The van der Waals surface area contributed by atoms with E-state index in [-0.39, 0.29) is 0 Å². The summed E-state index contributed by atoms with van der Waals surface area (Å²) in [4.78, 5) is 32.1. The van der Waals surface area contributed by atoms with Gasteiger partial charge in [-0.05, 0) is 160 Å². The molecule has 30 rings (SSSR count). The van der Waals surface area contributed by atoms with Crippen LogP contribution in [0, 0.1) is 0 Å². The average molecular weight is 1850 g/mol. The van der Waals surface area contributed by atoms with E-state index in [4.69, 9.17) is 29.9 Å². The lowest BCUT2D eigenvalue weighted by Gasteiger charge is -2.17. The van der Waals surface area contributed by atoms with Crippen LogP contribution >= 0.6 is 0 Å². The molecule has 0 saturated heterocycles. The predicted octanol–water partition coefficient (Wildman–Crippen LogP) is 35.6. The van der Waals surface area contributed by atoms with Crippen molar-refractivity contribution >= 4 is 174 Å². The van der Waals surface area contributed by atoms with Crippen LogP contribution in [0.1, 0.15) is 0 Å². The largest absolute Gasteiger partial charge is 0.309 e. The van der Waals surface area contributed by atoms with Crippen LogP contribution in [0.4, 0.5) is 0 Å². The molecule has 30 aromatic rings. The summed E-state index contributed by atoms with van der Waals surface area (Å²) in [6.45, 7) is 0. The smallest absolute Gasteiger partial charge is 0.113 e. The van der Waals surface area contributed by atoms with Crippen LogP contribution in [0.2, 0.25) is 0 Å². The van der Waals surface area contributed by atoms with Crippen molar-refractivity contribution in [3.8, 4) is 107 Å². The molecule has 0 aliphatic rings. The summed E-state index contributed by atoms with van der Waals surface area (Å²) < 4.78 is 7.28. The van der Waals surface area contributed by atoms with Gasteiger partial charge in [0.15, 0.2) is 0 Å². The van der Waals surface area contributed by atoms with E-state index in [1.54, 1.807) is 0 Å². The fraction of sp³-hybridized carbons (Fsp3) is 0. The van der Waals surface area contributed by atoms with E-state index in [0.29, 0.717) is 0 Å². The van der Waals surface area contributed by atoms with E-state index in [2.05, 4.69) is 493 Å². The van der Waals surface area contributed by atoms with Crippen molar-refractivity contribution in [1.29, 1.82) is 0 Å². The molecule has 0 fully saturated rings. The van der Waals surface area contributed by atoms with Gasteiger partial charge in [-0.1, -0.05) is 437 Å². The third-order valence-electron chi connectivity index (χ3n) is 29.1. The third kappa shape index (κ3) is 14.1. The SMILES string of the molecule is c1ccc(-c2nc3cccc(-c4ccc(-n5c6ccc7ccccc7c6c6c7ccccc7ccc65)c5ccccc45)c3nc2-c2ccccc2)cc1.c1ccc(-c2nc3cccc(-c4cccc(-n5c6ccc7ccccc7c6c6c7ccccc7ccc65)c4)c3nc2-c2ccccc2)cc1.c1ccc(-c2nc3cccc(-n4c5ccc6ccccc6c5c5c6ccccc6ccc54)c3nc2-c2ccccc2)cc1. The van der Waals surface area contributed by atoms with Crippen molar-refractivity contribution in [3.05, 3.63) is 516 Å². The molecule has 0 atom stereocenters. The molecule has 0 aliphatic carbocycles. The average Bonchev–Trinajstić information content (AvgIpc) is 1.57. The Bertz CT molecular complexity index is 10200. The zero-order valence-corrected chi connectivity index (χ0v) is 78.6. The van der Waals surface area contributed by atoms with Gasteiger partial charge in [-0.2, -0.15) is 0 Å². The van der Waals surface area contributed by atoms with Crippen LogP contribution in [0.5, 0.6) is 0 Å². The molecule has 0 radical (unpaired) electrons. The molecule has 0 N–H and O–H groups in total. The fourth-order valence-corrected chi connectivity index (χ4v) is 22.6. The second kappa shape index (κ2) is 34.8. The lowest BCUT2D eigenvalue weighted by atomic mass is 9.95. The Balaban J connectivity index is 0.000000106. The van der Waals surface area contributed by atoms with Gasteiger partial charge < -0.3 is 13.7 Å². The van der Waals surface area contributed by atoms with Gasteiger partial charge >= 0.3 is 0 Å². The first kappa shape index (κ1) is 83.7. The van der Waals surface area contributed by atoms with Crippen LogP contribution in [-0.2, 0) is 0 Å². The molecule has 0 spiro atoms. The molecule has 24 aromatic carbocycles. The summed E-state index contributed by atoms with van der Waals surface area (Å²) in [5.74, 6) is 0. The molecule has 0 unspecified atom stereocenters. The number of benzene rings is 24. The Hall–Kier alpha value is -19.5. The van der Waals surface area contributed by atoms with Gasteiger partial charge in [-0.25, -0.2) is 29.9 Å². The second-order valence-corrected chi connectivity index (χ2v) is 37.3. The monoisotopic (exact) mass is 1840 g/mol. The number of hydrogen-bond donors (Lipinski definition) is 0. The maximum absolute atomic E-state index is 5.45. The Morgan fingerprint density at radius 2 is 0.393 bits per heavy atom. The predicted molar refractivity (Wildman–Crippen MR) is 608 cm³/mol. The van der Waals surface area contributed by atoms with Gasteiger partial charge in [-0.15, -0.1) is 0 Å². The summed E-state index contributed by atoms with van der Waals surface area (Å²) in [5, 5.41) is 25.0. The lowest BCUT2D eigenvalue weighted by Crippen LogP contribution is -2.01. The minimum absolute atomic E-state index is 0.868. The highest BCUT2D eigenvalue weighted by atomic mass is 15.0. The zero-order valence-electron chi connectivity index (χ0n) is 78.6. The molecule has 674 valence electrons. The van der Waals surface area contributed by atoms with Gasteiger partial charge in [0.2, 0.25) is 0 Å². The fourth-order valence-electron chi connectivity index (χ4n) is 22.6. The van der Waals surface area contributed by atoms with Crippen LogP contribution in [0.3, 0.4) is 0 Å². The Kier molecular flexibility index (Phi) is 20.1. The third-order valence-corrected chi connectivity index (χ3v) is 29.1. The number of fused-ring (bicyclic) bond motifs is 25. The highest BCUT2D eigenvalue weighted by Gasteiger charge is 2.28. The van der Waals surface area contributed by atoms with Crippen LogP contribution in [0.25, 0.3) is 281 Å². The molecule has 6 heterocycles. The Labute approximate surface area is 834 Å². The summed E-state index contributed by atoms with van der Waals surface area (Å²) in [6, 6.07) is 183. The molecule has 0 bridgehead atoms. The first-order chi connectivity index (χ1) is 72.0. The number of para-hydroxylation sites is 3. The van der Waals surface area contributed by atoms with Crippen molar-refractivity contribution in [2.75, 3.05) is 0 Å². The van der Waals surface area contributed by atoms with E-state index >= 15 is 0 Å². The van der Waals surface area contributed by atoms with Gasteiger partial charge in [-0.3, -0.25) is 0 Å². The summed E-state index contributed by atoms with van der Waals surface area (Å²) in [7, 11) is 0. The molecule has 145 heavy (non-hydrogen) atoms. The molecule has 9 nitrogen and oxygen atoms in total. The van der Waals surface area contributed by atoms with Gasteiger partial charge in [0.25, 0.3) is 0 Å². The van der Waals surface area contributed by atoms with Crippen molar-refractivity contribution in [1.82, 2.24) is 43.6 Å². The Morgan fingerprint density at radius 3 is 0.745 bits per heavy atom. The zero-order chi connectivity index (χ0) is 95.5. The van der Waals surface area contributed by atoms with Gasteiger partial charge in [0.1, 0.15) is 5.52 Å². The molecular formula is C136H85N9. The molecule has 9 heteroatoms. The van der Waals surface area contributed by atoms with Crippen LogP contribution in [-0.4, -0.2) is 43.6 Å². The molecular weight excluding hydrogens is 1760 g/mol. The number of nitrogens with zero attached hydrogens (tertiary/aromatic N) is 9. The van der Waals surface area contributed by atoms with E-state index < -0.39 is 0 Å². The van der Waals surface area contributed by atoms with Crippen LogP contribution < -0.4 is 0 Å². The van der Waals surface area contributed by atoms with E-state index in [0.717, 1.165) is 151 Å². The highest BCUT2D eigenvalue weighted by molar-refractivity contribution is 6.32. The minimum Gasteiger partial charge on any atom is -0.309 e. The lowest BCUT2D eigenvalue weighted by molar-refractivity contribution is 1.17. The van der Waals surface area contributed by atoms with Crippen molar-refractivity contribution in [2.45, 2.75) is 0 Å². The summed E-state index contributed by atoms with van der Waals surface area (Å²) >= 11 is 0. The summed E-state index contributed by atoms with van der Waals surface area (Å²) in [6.07, 6.45) is 0. The molecule has 0 aliphatic heterocycles. The number of rotatable bonds is 11. The Morgan fingerprint density at radius 1 is 0.138 bits per heavy atom.